The van der Waals surface area contributed by atoms with Crippen LogP contribution in [0, 0.1) is 23.3 Å². The first kappa shape index (κ1) is 38.9. The molecular weight excluding hydrogens is 797 g/mol. The second kappa shape index (κ2) is 15.9. The van der Waals surface area contributed by atoms with E-state index in [0.717, 1.165) is 95.5 Å². The first-order valence-electron chi connectivity index (χ1n) is 15.1. The van der Waals surface area contributed by atoms with Crippen molar-refractivity contribution < 1.29 is 57.5 Å². The van der Waals surface area contributed by atoms with E-state index < -0.39 is 68.5 Å². The summed E-state index contributed by atoms with van der Waals surface area (Å²) in [6.07, 6.45) is -9.31. The van der Waals surface area contributed by atoms with Crippen LogP contribution in [0.25, 0.3) is 22.5 Å². The zero-order chi connectivity index (χ0) is 38.8. The molecule has 0 saturated heterocycles. The Balaban J connectivity index is 1.24. The van der Waals surface area contributed by atoms with Crippen molar-refractivity contribution in [1.29, 1.82) is 0 Å². The van der Waals surface area contributed by atoms with Crippen LogP contribution in [0.15, 0.2) is 95.7 Å². The fraction of sp³-hybridized carbons (Fsp3) is 0.118. The first-order valence-corrected chi connectivity index (χ1v) is 18.1. The maximum atomic E-state index is 14.5. The molecule has 0 aliphatic rings. The number of aromatic nitrogens is 2. The van der Waals surface area contributed by atoms with Crippen molar-refractivity contribution in [2.75, 3.05) is 23.3 Å². The average molecular weight is 819 g/mol. The van der Waals surface area contributed by atoms with Gasteiger partial charge in [-0.1, -0.05) is 0 Å². The number of benzene rings is 4. The molecule has 0 spiro atoms. The predicted octanol–water partition coefficient (Wildman–Crippen LogP) is 11.8. The number of hydrogen-bond donors (Lipinski definition) is 0. The summed E-state index contributed by atoms with van der Waals surface area (Å²) in [6.45, 7) is -1.26. The van der Waals surface area contributed by atoms with E-state index >= 15 is 0 Å². The molecule has 0 aliphatic heterocycles. The highest BCUT2D eigenvalue weighted by atomic mass is 32.1. The molecule has 7 nitrogen and oxygen atoms in total. The number of hydrogen-bond acceptors (Lipinski definition) is 9. The van der Waals surface area contributed by atoms with Gasteiger partial charge in [0.05, 0.1) is 22.5 Å². The van der Waals surface area contributed by atoms with Crippen molar-refractivity contribution in [1.82, 2.24) is 9.97 Å². The van der Waals surface area contributed by atoms with Crippen molar-refractivity contribution in [3.8, 4) is 22.5 Å². The molecule has 2 heterocycles. The smallest absolute Gasteiger partial charge is 0.293 e. The van der Waals surface area contributed by atoms with Crippen LogP contribution in [0.3, 0.4) is 0 Å². The largest absolute Gasteiger partial charge is 0.416 e. The van der Waals surface area contributed by atoms with Crippen molar-refractivity contribution in [3.05, 3.63) is 130 Å². The summed E-state index contributed by atoms with van der Waals surface area (Å²) >= 11 is 1.83. The number of thiazole rings is 2. The molecule has 0 bridgehead atoms. The second-order valence-electron chi connectivity index (χ2n) is 11.0. The fourth-order valence-electron chi connectivity index (χ4n) is 4.84. The zero-order valence-corrected chi connectivity index (χ0v) is 29.4. The Morgan fingerprint density at radius 2 is 0.944 bits per heavy atom. The highest BCUT2D eigenvalue weighted by molar-refractivity contribution is 7.33. The average Bonchev–Trinajstić information content (AvgIpc) is 3.79. The third kappa shape index (κ3) is 9.10. The minimum Gasteiger partial charge on any atom is -0.293 e. The normalized spacial score (nSPS) is 12.1. The van der Waals surface area contributed by atoms with Crippen LogP contribution in [-0.2, 0) is 26.0 Å². The maximum Gasteiger partial charge on any atom is 0.416 e. The molecule has 0 fully saturated rings. The van der Waals surface area contributed by atoms with Crippen molar-refractivity contribution in [2.24, 2.45) is 0 Å². The Labute approximate surface area is 307 Å². The van der Waals surface area contributed by atoms with Gasteiger partial charge in [-0.05, 0) is 72.8 Å². The molecule has 2 aromatic heterocycles. The van der Waals surface area contributed by atoms with Crippen molar-refractivity contribution in [2.45, 2.75) is 12.4 Å². The summed E-state index contributed by atoms with van der Waals surface area (Å²) in [5, 5.41) is 2.92. The van der Waals surface area contributed by atoms with Gasteiger partial charge in [0.1, 0.15) is 36.7 Å². The van der Waals surface area contributed by atoms with Crippen LogP contribution in [0.5, 0.6) is 0 Å². The predicted molar refractivity (Wildman–Crippen MR) is 183 cm³/mol. The molecule has 0 unspecified atom stereocenters. The van der Waals surface area contributed by atoms with Crippen LogP contribution >= 0.6 is 30.9 Å². The van der Waals surface area contributed by atoms with Crippen LogP contribution < -0.4 is 9.80 Å². The third-order valence-corrected chi connectivity index (χ3v) is 9.95. The molecule has 282 valence electrons. The van der Waals surface area contributed by atoms with Crippen LogP contribution in [0.1, 0.15) is 11.1 Å². The third-order valence-electron chi connectivity index (χ3n) is 7.50. The van der Waals surface area contributed by atoms with E-state index in [4.69, 9.17) is 9.05 Å². The van der Waals surface area contributed by atoms with Crippen LogP contribution in [0.2, 0.25) is 0 Å². The van der Waals surface area contributed by atoms with E-state index in [1.165, 1.54) is 20.6 Å². The van der Waals surface area contributed by atoms with Crippen LogP contribution in [0.4, 0.5) is 65.5 Å². The molecule has 54 heavy (non-hydrogen) atoms. The van der Waals surface area contributed by atoms with Crippen LogP contribution in [-0.4, -0.2) is 23.4 Å². The Bertz CT molecular complexity index is 2110. The van der Waals surface area contributed by atoms with E-state index in [2.05, 4.69) is 9.97 Å². The molecule has 0 aliphatic carbocycles. The monoisotopic (exact) mass is 818 g/mol. The minimum atomic E-state index is -4.66. The molecule has 0 saturated carbocycles. The molecule has 20 heteroatoms. The quantitative estimate of drug-likeness (QED) is 0.0692. The number of alkyl halides is 6. The zero-order valence-electron chi connectivity index (χ0n) is 26.8. The van der Waals surface area contributed by atoms with Gasteiger partial charge < -0.3 is 0 Å². The number of halogens is 10. The van der Waals surface area contributed by atoms with Gasteiger partial charge in [-0.3, -0.25) is 23.4 Å². The summed E-state index contributed by atoms with van der Waals surface area (Å²) in [5.41, 5.74) is -1.77. The van der Waals surface area contributed by atoms with Gasteiger partial charge in [0.15, 0.2) is 10.3 Å². The van der Waals surface area contributed by atoms with E-state index in [1.54, 1.807) is 0 Å². The Morgan fingerprint density at radius 3 is 1.28 bits per heavy atom. The summed E-state index contributed by atoms with van der Waals surface area (Å²) in [7, 11) is -3.53. The minimum absolute atomic E-state index is 0.0537. The van der Waals surface area contributed by atoms with Gasteiger partial charge in [0.2, 0.25) is 0 Å². The topological polar surface area (TPSA) is 67.8 Å². The lowest BCUT2D eigenvalue weighted by atomic mass is 10.1. The number of rotatable bonds is 12. The molecule has 4 aromatic carbocycles. The number of anilines is 4. The highest BCUT2D eigenvalue weighted by Gasteiger charge is 2.32. The van der Waals surface area contributed by atoms with E-state index in [9.17, 15) is 48.5 Å². The van der Waals surface area contributed by atoms with E-state index in [1.807, 2.05) is 0 Å². The lowest BCUT2D eigenvalue weighted by Gasteiger charge is -2.24. The van der Waals surface area contributed by atoms with Gasteiger partial charge in [0, 0.05) is 45.4 Å². The van der Waals surface area contributed by atoms with Gasteiger partial charge in [-0.25, -0.2) is 27.5 Å². The Kier molecular flexibility index (Phi) is 11.4. The summed E-state index contributed by atoms with van der Waals surface area (Å²) in [5.74, 6) is -3.50. The lowest BCUT2D eigenvalue weighted by molar-refractivity contribution is -0.138. The molecule has 6 aromatic rings. The molecule has 0 atom stereocenters. The highest BCUT2D eigenvalue weighted by Crippen LogP contribution is 2.39. The SMILES string of the molecule is O=[PH](OCN(c1ccc(C(F)(F)F)cc1)c1nc(-c2ccc(F)cc2F)cs1)OCN(c1ccc(C(F)(F)F)cc1)c1nc(-c2ccc(F)cc2F)cs1. The summed E-state index contributed by atoms with van der Waals surface area (Å²) < 4.78 is 160. The van der Waals surface area contributed by atoms with E-state index in [0.29, 0.717) is 12.1 Å². The Morgan fingerprint density at radius 1 is 0.574 bits per heavy atom. The fourth-order valence-corrected chi connectivity index (χ4v) is 7.05. The maximum absolute atomic E-state index is 14.5. The van der Waals surface area contributed by atoms with E-state index in [-0.39, 0.29) is 44.2 Å². The molecule has 0 N–H and O–H groups in total. The van der Waals surface area contributed by atoms with Crippen molar-refractivity contribution in [3.63, 3.8) is 0 Å². The number of nitrogens with zero attached hydrogens (tertiary/aromatic N) is 4. The summed E-state index contributed by atoms with van der Waals surface area (Å²) in [6, 6.07) is 13.2. The van der Waals surface area contributed by atoms with Crippen molar-refractivity contribution >= 4 is 52.6 Å². The van der Waals surface area contributed by atoms with Gasteiger partial charge >= 0.3 is 20.6 Å². The summed E-state index contributed by atoms with van der Waals surface area (Å²) in [4.78, 5) is 11.1. The Hall–Kier alpha value is -4.81. The van der Waals surface area contributed by atoms with Gasteiger partial charge in [-0.15, -0.1) is 22.7 Å². The van der Waals surface area contributed by atoms with Gasteiger partial charge in [0.25, 0.3) is 0 Å². The lowest BCUT2D eigenvalue weighted by Crippen LogP contribution is -2.21. The standard InChI is InChI=1S/C34H21F10N4O3PS2/c35-21-5-11-25(27(37)13-21)29-15-53-31(45-29)47(23-7-1-19(2-8-23)33(39,40)41)17-50-52(49)51-18-48(24-9-3-20(4-10-24)34(42,43)44)32-46-30(16-54-32)26-12-6-22(36)14-28(26)38/h1-16,52H,17-18H2. The first-order chi connectivity index (χ1) is 25.6. The second-order valence-corrected chi connectivity index (χ2v) is 13.8. The molecule has 0 amide bonds. The molecule has 0 radical (unpaired) electrons. The molecular formula is C34H21F10N4O3PS2. The van der Waals surface area contributed by atoms with Gasteiger partial charge in [-0.2, -0.15) is 26.3 Å². The molecule has 6 rings (SSSR count).